The molecule has 13 heteroatoms. The molecule has 0 radical (unpaired) electrons. The van der Waals surface area contributed by atoms with Crippen LogP contribution in [0, 0.1) is 0 Å². The number of amides is 2. The standard InChI is InChI=1S/C22H24N6O7/c23-18-15-19(25-10-24-18)28(11-26-15)22-17(16(30)14(9-29)35-22)34-8-7-33-6-5-27-20(31)12-3-1-2-4-13(12)21(27)32/h1-4,10-11,14,16-17,22,29-30H,5-9H2,(H2,23,24,25)/t14-,16?,17?,22-/m1/s1. The first-order valence-electron chi connectivity index (χ1n) is 11.0. The molecular weight excluding hydrogens is 460 g/mol. The number of benzene rings is 1. The summed E-state index contributed by atoms with van der Waals surface area (Å²) >= 11 is 0. The normalized spacial score (nSPS) is 24.0. The number of anilines is 1. The van der Waals surface area contributed by atoms with Crippen molar-refractivity contribution in [3.63, 3.8) is 0 Å². The van der Waals surface area contributed by atoms with Crippen LogP contribution in [0.1, 0.15) is 26.9 Å². The second kappa shape index (κ2) is 9.64. The van der Waals surface area contributed by atoms with E-state index in [-0.39, 0.29) is 44.0 Å². The van der Waals surface area contributed by atoms with Crippen LogP contribution >= 0.6 is 0 Å². The summed E-state index contributed by atoms with van der Waals surface area (Å²) in [6, 6.07) is 6.68. The average molecular weight is 484 g/mol. The summed E-state index contributed by atoms with van der Waals surface area (Å²) in [4.78, 5) is 38.3. The molecule has 0 spiro atoms. The van der Waals surface area contributed by atoms with Crippen LogP contribution in [0.2, 0.25) is 0 Å². The number of carbonyl (C=O) groups excluding carboxylic acids is 2. The van der Waals surface area contributed by atoms with Crippen LogP contribution in [0.5, 0.6) is 0 Å². The van der Waals surface area contributed by atoms with Gasteiger partial charge < -0.3 is 30.2 Å². The third kappa shape index (κ3) is 4.13. The zero-order chi connectivity index (χ0) is 24.5. The first-order valence-corrected chi connectivity index (χ1v) is 11.0. The fraction of sp³-hybridized carbons (Fsp3) is 0.409. The molecule has 2 amide bonds. The fourth-order valence-corrected chi connectivity index (χ4v) is 4.27. The third-order valence-corrected chi connectivity index (χ3v) is 6.03. The van der Waals surface area contributed by atoms with Crippen molar-refractivity contribution in [1.82, 2.24) is 24.4 Å². The molecule has 35 heavy (non-hydrogen) atoms. The molecule has 4 heterocycles. The van der Waals surface area contributed by atoms with Crippen LogP contribution in [0.15, 0.2) is 36.9 Å². The van der Waals surface area contributed by atoms with Gasteiger partial charge in [-0.3, -0.25) is 19.1 Å². The molecule has 4 N–H and O–H groups in total. The summed E-state index contributed by atoms with van der Waals surface area (Å²) in [5.74, 6) is -0.479. The van der Waals surface area contributed by atoms with Crippen molar-refractivity contribution in [2.45, 2.75) is 24.5 Å². The van der Waals surface area contributed by atoms with E-state index < -0.39 is 31.1 Å². The van der Waals surface area contributed by atoms with Gasteiger partial charge in [-0.05, 0) is 12.1 Å². The monoisotopic (exact) mass is 484 g/mol. The zero-order valence-corrected chi connectivity index (χ0v) is 18.6. The molecule has 0 aliphatic carbocycles. The van der Waals surface area contributed by atoms with E-state index in [4.69, 9.17) is 19.9 Å². The molecule has 4 atom stereocenters. The van der Waals surface area contributed by atoms with E-state index in [0.717, 1.165) is 4.90 Å². The number of aliphatic hydroxyl groups excluding tert-OH is 2. The summed E-state index contributed by atoms with van der Waals surface area (Å²) in [6.07, 6.45) is -0.887. The third-order valence-electron chi connectivity index (χ3n) is 6.03. The maximum atomic E-state index is 12.4. The molecule has 2 aliphatic heterocycles. The lowest BCUT2D eigenvalue weighted by Crippen LogP contribution is -2.36. The van der Waals surface area contributed by atoms with Gasteiger partial charge in [0, 0.05) is 0 Å². The van der Waals surface area contributed by atoms with Gasteiger partial charge in [-0.2, -0.15) is 0 Å². The minimum absolute atomic E-state index is 0.0889. The Morgan fingerprint density at radius 2 is 1.80 bits per heavy atom. The number of imide groups is 1. The summed E-state index contributed by atoms with van der Waals surface area (Å²) in [5.41, 5.74) is 7.41. The van der Waals surface area contributed by atoms with Crippen molar-refractivity contribution >= 4 is 28.8 Å². The Labute approximate surface area is 199 Å². The number of imidazole rings is 1. The Morgan fingerprint density at radius 3 is 2.51 bits per heavy atom. The van der Waals surface area contributed by atoms with Gasteiger partial charge >= 0.3 is 0 Å². The van der Waals surface area contributed by atoms with Crippen molar-refractivity contribution in [1.29, 1.82) is 0 Å². The number of aromatic nitrogens is 4. The minimum Gasteiger partial charge on any atom is -0.394 e. The second-order valence-electron chi connectivity index (χ2n) is 8.08. The summed E-state index contributed by atoms with van der Waals surface area (Å²) in [6.45, 7) is 0.0643. The Bertz CT molecular complexity index is 1220. The van der Waals surface area contributed by atoms with Crippen molar-refractivity contribution in [3.8, 4) is 0 Å². The van der Waals surface area contributed by atoms with Gasteiger partial charge in [0.25, 0.3) is 11.8 Å². The summed E-state index contributed by atoms with van der Waals surface area (Å²) in [7, 11) is 0. The number of nitrogens with two attached hydrogens (primary N) is 1. The Balaban J connectivity index is 1.16. The van der Waals surface area contributed by atoms with E-state index in [2.05, 4.69) is 15.0 Å². The largest absolute Gasteiger partial charge is 0.394 e. The van der Waals surface area contributed by atoms with Crippen molar-refractivity contribution < 1.29 is 34.0 Å². The van der Waals surface area contributed by atoms with E-state index in [1.165, 1.54) is 12.7 Å². The van der Waals surface area contributed by atoms with Gasteiger partial charge in [-0.15, -0.1) is 0 Å². The Kier molecular flexibility index (Phi) is 6.40. The SMILES string of the molecule is Nc1ncnc2c1ncn2[C@@H]1O[C@H](CO)C(O)C1OCCOCCN1C(=O)c2ccccc2C1=O. The zero-order valence-electron chi connectivity index (χ0n) is 18.6. The first kappa shape index (κ1) is 23.3. The van der Waals surface area contributed by atoms with Crippen molar-refractivity contribution in [2.75, 3.05) is 38.7 Å². The predicted octanol–water partition coefficient (Wildman–Crippen LogP) is -0.643. The first-order chi connectivity index (χ1) is 17.0. The lowest BCUT2D eigenvalue weighted by atomic mass is 10.1. The number of hydrogen-bond acceptors (Lipinski definition) is 11. The quantitative estimate of drug-likeness (QED) is 0.260. The van der Waals surface area contributed by atoms with Gasteiger partial charge in [0.15, 0.2) is 17.7 Å². The summed E-state index contributed by atoms with van der Waals surface area (Å²) in [5, 5.41) is 20.2. The van der Waals surface area contributed by atoms with Gasteiger partial charge in [0.1, 0.15) is 30.2 Å². The van der Waals surface area contributed by atoms with Gasteiger partial charge in [0.2, 0.25) is 0 Å². The fourth-order valence-electron chi connectivity index (χ4n) is 4.27. The molecule has 1 saturated heterocycles. The van der Waals surface area contributed by atoms with E-state index in [1.54, 1.807) is 28.8 Å². The van der Waals surface area contributed by atoms with Gasteiger partial charge in [-0.25, -0.2) is 15.0 Å². The number of nitrogen functional groups attached to an aromatic ring is 1. The van der Waals surface area contributed by atoms with Crippen LogP contribution < -0.4 is 5.73 Å². The number of hydrogen-bond donors (Lipinski definition) is 3. The summed E-state index contributed by atoms with van der Waals surface area (Å²) < 4.78 is 18.8. The molecule has 184 valence electrons. The van der Waals surface area contributed by atoms with Crippen LogP contribution in [-0.2, 0) is 14.2 Å². The number of nitrogens with zero attached hydrogens (tertiary/aromatic N) is 5. The van der Waals surface area contributed by atoms with Gasteiger partial charge in [-0.1, -0.05) is 12.1 Å². The van der Waals surface area contributed by atoms with E-state index in [0.29, 0.717) is 22.3 Å². The molecule has 2 aromatic heterocycles. The number of rotatable bonds is 9. The molecule has 1 fully saturated rings. The molecule has 13 nitrogen and oxygen atoms in total. The molecule has 2 aliphatic rings. The maximum Gasteiger partial charge on any atom is 0.261 e. The molecular formula is C22H24N6O7. The number of fused-ring (bicyclic) bond motifs is 2. The topological polar surface area (TPSA) is 175 Å². The molecule has 5 rings (SSSR count). The highest BCUT2D eigenvalue weighted by Gasteiger charge is 2.46. The predicted molar refractivity (Wildman–Crippen MR) is 119 cm³/mol. The molecule has 0 bridgehead atoms. The number of carbonyl (C=O) groups is 2. The van der Waals surface area contributed by atoms with Crippen LogP contribution in [0.25, 0.3) is 11.2 Å². The van der Waals surface area contributed by atoms with E-state index in [9.17, 15) is 19.8 Å². The second-order valence-corrected chi connectivity index (χ2v) is 8.08. The molecule has 1 aromatic carbocycles. The van der Waals surface area contributed by atoms with E-state index in [1.807, 2.05) is 0 Å². The maximum absolute atomic E-state index is 12.4. The lowest BCUT2D eigenvalue weighted by Gasteiger charge is -2.22. The highest BCUT2D eigenvalue weighted by atomic mass is 16.6. The average Bonchev–Trinajstić information content (AvgIpc) is 3.51. The van der Waals surface area contributed by atoms with Gasteiger partial charge in [0.05, 0.1) is 50.4 Å². The number of ether oxygens (including phenoxy) is 3. The van der Waals surface area contributed by atoms with E-state index >= 15 is 0 Å². The van der Waals surface area contributed by atoms with Crippen molar-refractivity contribution in [3.05, 3.63) is 48.0 Å². The van der Waals surface area contributed by atoms with Crippen LogP contribution in [-0.4, -0.2) is 97.7 Å². The smallest absolute Gasteiger partial charge is 0.261 e. The van der Waals surface area contributed by atoms with Crippen molar-refractivity contribution in [2.24, 2.45) is 0 Å². The Morgan fingerprint density at radius 1 is 1.06 bits per heavy atom. The van der Waals surface area contributed by atoms with Crippen LogP contribution in [0.4, 0.5) is 5.82 Å². The van der Waals surface area contributed by atoms with Crippen LogP contribution in [0.3, 0.4) is 0 Å². The number of aliphatic hydroxyl groups is 2. The Hall–Kier alpha value is -3.49. The highest BCUT2D eigenvalue weighted by Crippen LogP contribution is 2.33. The minimum atomic E-state index is -1.11. The molecule has 3 aromatic rings. The lowest BCUT2D eigenvalue weighted by molar-refractivity contribution is -0.0814. The highest BCUT2D eigenvalue weighted by molar-refractivity contribution is 6.21. The molecule has 2 unspecified atom stereocenters. The molecule has 0 saturated carbocycles.